The second-order valence-electron chi connectivity index (χ2n) is 7.21. The number of anilines is 2. The number of carbonyl (C=O) groups is 1. The van der Waals surface area contributed by atoms with Gasteiger partial charge in [-0.2, -0.15) is 0 Å². The summed E-state index contributed by atoms with van der Waals surface area (Å²) in [5.74, 6) is 0.357. The van der Waals surface area contributed by atoms with Gasteiger partial charge >= 0.3 is 0 Å². The summed E-state index contributed by atoms with van der Waals surface area (Å²) in [4.78, 5) is 12.6. The number of sulfonamides is 1. The molecule has 0 spiro atoms. The number of rotatable bonds is 8. The van der Waals surface area contributed by atoms with Gasteiger partial charge in [0.2, 0.25) is 0 Å². The van der Waals surface area contributed by atoms with Crippen LogP contribution in [0.4, 0.5) is 11.4 Å². The van der Waals surface area contributed by atoms with E-state index in [4.69, 9.17) is 4.74 Å². The van der Waals surface area contributed by atoms with Crippen LogP contribution in [-0.4, -0.2) is 20.4 Å². The second-order valence-corrected chi connectivity index (χ2v) is 8.89. The third-order valence-electron chi connectivity index (χ3n) is 4.73. The number of amides is 1. The third kappa shape index (κ3) is 5.86. The molecule has 0 heterocycles. The molecule has 0 saturated heterocycles. The molecule has 1 amide bonds. The van der Waals surface area contributed by atoms with Gasteiger partial charge in [-0.15, -0.1) is 0 Å². The number of hydrogen-bond donors (Lipinski definition) is 2. The molecule has 7 heteroatoms. The minimum atomic E-state index is -3.73. The van der Waals surface area contributed by atoms with Gasteiger partial charge in [0.25, 0.3) is 15.9 Å². The summed E-state index contributed by atoms with van der Waals surface area (Å²) >= 11 is 0. The van der Waals surface area contributed by atoms with E-state index in [2.05, 4.69) is 10.0 Å². The quantitative estimate of drug-likeness (QED) is 0.531. The Kier molecular flexibility index (Phi) is 6.97. The molecule has 0 aliphatic heterocycles. The summed E-state index contributed by atoms with van der Waals surface area (Å²) in [6, 6.07) is 20.7. The van der Waals surface area contributed by atoms with Crippen molar-refractivity contribution < 1.29 is 17.9 Å². The summed E-state index contributed by atoms with van der Waals surface area (Å²) in [6.07, 6.45) is 0.0934. The van der Waals surface area contributed by atoms with Gasteiger partial charge in [-0.3, -0.25) is 9.52 Å². The van der Waals surface area contributed by atoms with Crippen LogP contribution in [0.5, 0.6) is 5.75 Å². The molecule has 1 atom stereocenters. The van der Waals surface area contributed by atoms with Crippen LogP contribution < -0.4 is 14.8 Å². The molecule has 3 rings (SSSR count). The average Bonchev–Trinajstić information content (AvgIpc) is 2.74. The van der Waals surface area contributed by atoms with Gasteiger partial charge in [-0.1, -0.05) is 37.3 Å². The van der Waals surface area contributed by atoms with Crippen LogP contribution in [0, 0.1) is 6.92 Å². The summed E-state index contributed by atoms with van der Waals surface area (Å²) in [6.45, 7) is 5.59. The summed E-state index contributed by atoms with van der Waals surface area (Å²) < 4.78 is 33.6. The molecule has 0 radical (unpaired) electrons. The average molecular weight is 439 g/mol. The maximum atomic E-state index is 12.6. The lowest BCUT2D eigenvalue weighted by Crippen LogP contribution is -2.30. The molecule has 3 aromatic rings. The second kappa shape index (κ2) is 9.66. The maximum Gasteiger partial charge on any atom is 0.265 e. The number of aryl methyl sites for hydroxylation is 2. The van der Waals surface area contributed by atoms with E-state index in [1.54, 1.807) is 37.3 Å². The van der Waals surface area contributed by atoms with E-state index in [9.17, 15) is 13.2 Å². The van der Waals surface area contributed by atoms with E-state index >= 15 is 0 Å². The van der Waals surface area contributed by atoms with Crippen LogP contribution in [0.2, 0.25) is 0 Å². The van der Waals surface area contributed by atoms with Gasteiger partial charge in [0.05, 0.1) is 4.90 Å². The monoisotopic (exact) mass is 438 g/mol. The minimum absolute atomic E-state index is 0.105. The lowest BCUT2D eigenvalue weighted by molar-refractivity contribution is -0.122. The number of nitrogens with one attached hydrogen (secondary N) is 2. The number of ether oxygens (including phenoxy) is 1. The predicted octanol–water partition coefficient (Wildman–Crippen LogP) is 4.76. The highest BCUT2D eigenvalue weighted by Crippen LogP contribution is 2.21. The number of hydrogen-bond acceptors (Lipinski definition) is 4. The van der Waals surface area contributed by atoms with Crippen molar-refractivity contribution in [2.45, 2.75) is 38.2 Å². The zero-order valence-electron chi connectivity index (χ0n) is 17.8. The Morgan fingerprint density at radius 2 is 1.68 bits per heavy atom. The molecule has 0 fully saturated rings. The van der Waals surface area contributed by atoms with Crippen LogP contribution in [-0.2, 0) is 21.2 Å². The summed E-state index contributed by atoms with van der Waals surface area (Å²) in [5, 5.41) is 2.76. The van der Waals surface area contributed by atoms with E-state index < -0.39 is 16.1 Å². The summed E-state index contributed by atoms with van der Waals surface area (Å²) in [5.41, 5.74) is 2.96. The summed E-state index contributed by atoms with van der Waals surface area (Å²) in [7, 11) is -3.73. The molecule has 0 aliphatic rings. The highest BCUT2D eigenvalue weighted by atomic mass is 32.2. The fraction of sp³-hybridized carbons (Fsp3) is 0.208. The van der Waals surface area contributed by atoms with E-state index in [-0.39, 0.29) is 10.8 Å². The molecule has 162 valence electrons. The van der Waals surface area contributed by atoms with E-state index in [1.165, 1.54) is 12.1 Å². The normalized spacial score (nSPS) is 12.1. The fourth-order valence-corrected chi connectivity index (χ4v) is 4.09. The first-order valence-electron chi connectivity index (χ1n) is 10.0. The Morgan fingerprint density at radius 1 is 0.968 bits per heavy atom. The van der Waals surface area contributed by atoms with Gasteiger partial charge < -0.3 is 10.1 Å². The van der Waals surface area contributed by atoms with Crippen LogP contribution >= 0.6 is 0 Å². The molecule has 2 N–H and O–H groups in total. The van der Waals surface area contributed by atoms with Crippen LogP contribution in [0.25, 0.3) is 0 Å². The van der Waals surface area contributed by atoms with Crippen LogP contribution in [0.15, 0.2) is 77.7 Å². The number of carbonyl (C=O) groups excluding carboxylic acids is 1. The van der Waals surface area contributed by atoms with Crippen molar-refractivity contribution in [1.82, 2.24) is 0 Å². The largest absolute Gasteiger partial charge is 0.481 e. The van der Waals surface area contributed by atoms with Crippen molar-refractivity contribution in [1.29, 1.82) is 0 Å². The smallest absolute Gasteiger partial charge is 0.265 e. The lowest BCUT2D eigenvalue weighted by Gasteiger charge is -2.17. The minimum Gasteiger partial charge on any atom is -0.481 e. The van der Waals surface area contributed by atoms with Gasteiger partial charge in [0, 0.05) is 11.4 Å². The van der Waals surface area contributed by atoms with Gasteiger partial charge in [-0.25, -0.2) is 8.42 Å². The van der Waals surface area contributed by atoms with E-state index in [1.807, 2.05) is 44.2 Å². The molecule has 0 unspecified atom stereocenters. The Morgan fingerprint density at radius 3 is 2.35 bits per heavy atom. The SMILES string of the molecule is CCc1ccccc1O[C@H](C)C(=O)Nc1ccc(S(=O)(=O)Nc2cccc(C)c2)cc1. The van der Waals surface area contributed by atoms with Crippen molar-refractivity contribution in [3.63, 3.8) is 0 Å². The van der Waals surface area contributed by atoms with Crippen molar-refractivity contribution >= 4 is 27.3 Å². The highest BCUT2D eigenvalue weighted by Gasteiger charge is 2.18. The fourth-order valence-electron chi connectivity index (χ4n) is 3.04. The standard InChI is InChI=1S/C24H26N2O4S/c1-4-19-9-5-6-11-23(19)30-18(3)24(27)25-20-12-14-22(15-13-20)31(28,29)26-21-10-7-8-17(2)16-21/h5-16,18,26H,4H2,1-3H3,(H,25,27)/t18-/m1/s1. The Hall–Kier alpha value is -3.32. The predicted molar refractivity (Wildman–Crippen MR) is 123 cm³/mol. The number of benzene rings is 3. The zero-order valence-corrected chi connectivity index (χ0v) is 18.6. The molecule has 0 bridgehead atoms. The van der Waals surface area contributed by atoms with Crippen molar-refractivity contribution in [2.75, 3.05) is 10.0 Å². The first-order chi connectivity index (χ1) is 14.8. The third-order valence-corrected chi connectivity index (χ3v) is 6.13. The van der Waals surface area contributed by atoms with Crippen molar-refractivity contribution in [3.8, 4) is 5.75 Å². The zero-order chi connectivity index (χ0) is 22.4. The van der Waals surface area contributed by atoms with Gasteiger partial charge in [-0.05, 0) is 73.9 Å². The molecule has 0 saturated carbocycles. The Balaban J connectivity index is 1.65. The molecular formula is C24H26N2O4S. The molecule has 31 heavy (non-hydrogen) atoms. The van der Waals surface area contributed by atoms with Gasteiger partial charge in [0.15, 0.2) is 6.10 Å². The topological polar surface area (TPSA) is 84.5 Å². The van der Waals surface area contributed by atoms with Crippen LogP contribution in [0.3, 0.4) is 0 Å². The lowest BCUT2D eigenvalue weighted by atomic mass is 10.1. The molecule has 6 nitrogen and oxygen atoms in total. The first kappa shape index (κ1) is 22.4. The van der Waals surface area contributed by atoms with Crippen molar-refractivity contribution in [2.24, 2.45) is 0 Å². The first-order valence-corrected chi connectivity index (χ1v) is 11.5. The van der Waals surface area contributed by atoms with E-state index in [0.717, 1.165) is 17.5 Å². The van der Waals surface area contributed by atoms with Crippen molar-refractivity contribution in [3.05, 3.63) is 83.9 Å². The maximum absolute atomic E-state index is 12.6. The Labute approximate surface area is 183 Å². The highest BCUT2D eigenvalue weighted by molar-refractivity contribution is 7.92. The number of para-hydroxylation sites is 1. The molecule has 0 aliphatic carbocycles. The molecule has 0 aromatic heterocycles. The molecular weight excluding hydrogens is 412 g/mol. The molecule has 3 aromatic carbocycles. The Bertz CT molecular complexity index is 1160. The van der Waals surface area contributed by atoms with Gasteiger partial charge in [0.1, 0.15) is 5.75 Å². The van der Waals surface area contributed by atoms with E-state index in [0.29, 0.717) is 17.1 Å². The van der Waals surface area contributed by atoms with Crippen LogP contribution in [0.1, 0.15) is 25.0 Å².